The maximum atomic E-state index is 13.1. The Morgan fingerprint density at radius 1 is 1.05 bits per heavy atom. The number of nitrogens with zero attached hydrogens (tertiary/aromatic N) is 5. The van der Waals surface area contributed by atoms with Gasteiger partial charge in [0.25, 0.3) is 5.91 Å². The largest absolute Gasteiger partial charge is 0.395 e. The van der Waals surface area contributed by atoms with Crippen LogP contribution in [-0.2, 0) is 20.0 Å². The van der Waals surface area contributed by atoms with Gasteiger partial charge in [0.1, 0.15) is 0 Å². The minimum absolute atomic E-state index is 0.000667. The lowest BCUT2D eigenvalue weighted by atomic mass is 9.91. The number of benzene rings is 3. The number of amides is 1. The summed E-state index contributed by atoms with van der Waals surface area (Å²) in [6.07, 6.45) is 0.570. The van der Waals surface area contributed by atoms with Gasteiger partial charge in [-0.05, 0) is 47.4 Å². The van der Waals surface area contributed by atoms with Gasteiger partial charge in [0.15, 0.2) is 0 Å². The molecule has 0 fully saturated rings. The van der Waals surface area contributed by atoms with E-state index in [1.54, 1.807) is 24.2 Å². The monoisotopic (exact) mass is 544 g/mol. The average Bonchev–Trinajstić information content (AvgIpc) is 3.53. The van der Waals surface area contributed by atoms with Gasteiger partial charge in [-0.2, -0.15) is 5.10 Å². The molecular weight excluding hydrogens is 516 g/mol. The van der Waals surface area contributed by atoms with E-state index >= 15 is 0 Å². The highest BCUT2D eigenvalue weighted by Gasteiger charge is 2.32. The lowest BCUT2D eigenvalue weighted by Crippen LogP contribution is -2.26. The normalized spacial score (nSPS) is 14.9. The summed E-state index contributed by atoms with van der Waals surface area (Å²) in [4.78, 5) is 25.1. The number of aliphatic hydroxyl groups excluding tert-OH is 1. The summed E-state index contributed by atoms with van der Waals surface area (Å²) in [6.45, 7) is 1.03. The first-order valence-corrected chi connectivity index (χ1v) is 13.1. The molecule has 1 aliphatic heterocycles. The van der Waals surface area contributed by atoms with Gasteiger partial charge in [0.05, 0.1) is 25.4 Å². The van der Waals surface area contributed by atoms with Gasteiger partial charge in [0, 0.05) is 30.1 Å². The van der Waals surface area contributed by atoms with Crippen molar-refractivity contribution < 1.29 is 9.90 Å². The van der Waals surface area contributed by atoms with Crippen LogP contribution in [0.15, 0.2) is 88.8 Å². The highest BCUT2D eigenvalue weighted by molar-refractivity contribution is 6.30. The summed E-state index contributed by atoms with van der Waals surface area (Å²) < 4.78 is 2.97. The Balaban J connectivity index is 1.35. The summed E-state index contributed by atoms with van der Waals surface area (Å²) in [7, 11) is 1.70. The van der Waals surface area contributed by atoms with Gasteiger partial charge in [0.2, 0.25) is 5.95 Å². The highest BCUT2D eigenvalue weighted by atomic mass is 35.5. The van der Waals surface area contributed by atoms with Crippen molar-refractivity contribution in [1.82, 2.24) is 19.7 Å². The first-order valence-electron chi connectivity index (χ1n) is 12.7. The minimum atomic E-state index is -0.237. The van der Waals surface area contributed by atoms with Crippen molar-refractivity contribution in [2.45, 2.75) is 18.9 Å². The van der Waals surface area contributed by atoms with Gasteiger partial charge < -0.3 is 10.4 Å². The van der Waals surface area contributed by atoms with Crippen LogP contribution >= 0.6 is 11.6 Å². The zero-order valence-electron chi connectivity index (χ0n) is 21.5. The molecule has 2 N–H and O–H groups in total. The van der Waals surface area contributed by atoms with Crippen LogP contribution in [0.3, 0.4) is 0 Å². The number of hydrogen-bond acceptors (Lipinski definition) is 6. The summed E-state index contributed by atoms with van der Waals surface area (Å²) in [5.74, 6) is 0.237. The first-order chi connectivity index (χ1) is 18.9. The Kier molecular flexibility index (Phi) is 7.90. The van der Waals surface area contributed by atoms with Crippen LogP contribution < -0.4 is 16.0 Å². The van der Waals surface area contributed by atoms with Gasteiger partial charge in [-0.15, -0.1) is 5.10 Å². The molecule has 9 nitrogen and oxygen atoms in total. The molecule has 0 saturated carbocycles. The van der Waals surface area contributed by atoms with Crippen LogP contribution in [0.4, 0.5) is 5.95 Å². The Morgan fingerprint density at radius 3 is 2.46 bits per heavy atom. The lowest BCUT2D eigenvalue weighted by molar-refractivity contribution is 0.0944. The van der Waals surface area contributed by atoms with Crippen LogP contribution in [0.5, 0.6) is 0 Å². The third-order valence-electron chi connectivity index (χ3n) is 6.73. The summed E-state index contributed by atoms with van der Waals surface area (Å²) >= 11 is 6.12. The highest BCUT2D eigenvalue weighted by Crippen LogP contribution is 2.31. The molecule has 0 bridgehead atoms. The Morgan fingerprint density at radius 2 is 1.77 bits per heavy atom. The molecule has 200 valence electrons. The molecular formula is C29H29ClN6O3. The second-order valence-electron chi connectivity index (χ2n) is 9.33. The molecule has 10 heteroatoms. The van der Waals surface area contributed by atoms with Crippen LogP contribution in [0, 0.1) is 0 Å². The number of aromatic nitrogens is 3. The standard InChI is InChI=1S/C29H29ClN6O3/c1-34-28(33-35(29(34)39)17-15-20-7-9-23(10-8-20)27(38)31-16-18-37)36-19-25(21-5-3-2-4-6-21)26(32-36)22-11-13-24(30)14-12-22/h2-14,25,37H,15-19H2,1H3,(H,31,38)/t25-/m0/s1. The van der Waals surface area contributed by atoms with Crippen LogP contribution in [0.1, 0.15) is 33.0 Å². The van der Waals surface area contributed by atoms with Crippen molar-refractivity contribution in [3.8, 4) is 0 Å². The second kappa shape index (κ2) is 11.7. The van der Waals surface area contributed by atoms with Gasteiger partial charge in [-0.3, -0.25) is 9.36 Å². The fourth-order valence-corrected chi connectivity index (χ4v) is 4.76. The van der Waals surface area contributed by atoms with Gasteiger partial charge >= 0.3 is 5.69 Å². The molecule has 0 saturated heterocycles. The van der Waals surface area contributed by atoms with E-state index in [2.05, 4.69) is 22.5 Å². The fourth-order valence-electron chi connectivity index (χ4n) is 4.63. The van der Waals surface area contributed by atoms with E-state index in [0.29, 0.717) is 36.0 Å². The number of halogens is 1. The van der Waals surface area contributed by atoms with Crippen molar-refractivity contribution in [3.63, 3.8) is 0 Å². The quantitative estimate of drug-likeness (QED) is 0.337. The molecule has 0 radical (unpaired) electrons. The zero-order valence-corrected chi connectivity index (χ0v) is 22.3. The number of rotatable bonds is 9. The van der Waals surface area contributed by atoms with Crippen LogP contribution in [0.25, 0.3) is 0 Å². The van der Waals surface area contributed by atoms with E-state index in [9.17, 15) is 9.59 Å². The van der Waals surface area contributed by atoms with Crippen molar-refractivity contribution in [2.24, 2.45) is 12.1 Å². The number of hydrazone groups is 1. The summed E-state index contributed by atoms with van der Waals surface area (Å²) in [5, 5.41) is 23.5. The Bertz CT molecular complexity index is 1530. The van der Waals surface area contributed by atoms with Crippen LogP contribution in [0.2, 0.25) is 5.02 Å². The fraction of sp³-hybridized carbons (Fsp3) is 0.241. The molecule has 5 rings (SSSR count). The molecule has 4 aromatic rings. The van der Waals surface area contributed by atoms with E-state index in [-0.39, 0.29) is 30.7 Å². The summed E-state index contributed by atoms with van der Waals surface area (Å²) in [5.41, 5.74) is 4.25. The van der Waals surface area contributed by atoms with Gasteiger partial charge in [-0.1, -0.05) is 66.2 Å². The second-order valence-corrected chi connectivity index (χ2v) is 9.77. The maximum Gasteiger partial charge on any atom is 0.347 e. The number of aliphatic hydroxyl groups is 1. The maximum absolute atomic E-state index is 13.1. The van der Waals surface area contributed by atoms with E-state index < -0.39 is 0 Å². The molecule has 3 aromatic carbocycles. The lowest BCUT2D eigenvalue weighted by Gasteiger charge is -2.15. The topological polar surface area (TPSA) is 105 Å². The first kappa shape index (κ1) is 26.4. The smallest absolute Gasteiger partial charge is 0.347 e. The molecule has 0 aliphatic carbocycles. The third-order valence-corrected chi connectivity index (χ3v) is 6.98. The van der Waals surface area contributed by atoms with Crippen molar-refractivity contribution >= 4 is 29.2 Å². The third kappa shape index (κ3) is 5.79. The van der Waals surface area contributed by atoms with Gasteiger partial charge in [-0.25, -0.2) is 14.5 Å². The molecule has 39 heavy (non-hydrogen) atoms. The Labute approximate surface area is 231 Å². The summed E-state index contributed by atoms with van der Waals surface area (Å²) in [6, 6.07) is 25.0. The SMILES string of the molecule is Cn1c(N2C[C@@H](c3ccccc3)C(c3ccc(Cl)cc3)=N2)nn(CCc2ccc(C(=O)NCCO)cc2)c1=O. The predicted molar refractivity (Wildman–Crippen MR) is 152 cm³/mol. The number of carbonyl (C=O) groups excluding carboxylic acids is 1. The van der Waals surface area contributed by atoms with E-state index in [4.69, 9.17) is 21.8 Å². The van der Waals surface area contributed by atoms with E-state index in [1.165, 1.54) is 9.25 Å². The van der Waals surface area contributed by atoms with Crippen molar-refractivity contribution in [3.05, 3.63) is 117 Å². The van der Waals surface area contributed by atoms with E-state index in [1.807, 2.05) is 54.6 Å². The molecule has 1 aromatic heterocycles. The molecule has 2 heterocycles. The average molecular weight is 545 g/mol. The molecule has 1 aliphatic rings. The number of anilines is 1. The van der Waals surface area contributed by atoms with E-state index in [0.717, 1.165) is 22.4 Å². The molecule has 1 atom stereocenters. The number of hydrogen-bond donors (Lipinski definition) is 2. The Hall–Kier alpha value is -4.21. The van der Waals surface area contributed by atoms with Crippen molar-refractivity contribution in [2.75, 3.05) is 24.7 Å². The number of aryl methyl sites for hydroxylation is 2. The van der Waals surface area contributed by atoms with Crippen LogP contribution in [-0.4, -0.2) is 50.8 Å². The van der Waals surface area contributed by atoms with Crippen molar-refractivity contribution in [1.29, 1.82) is 0 Å². The molecule has 0 spiro atoms. The number of nitrogens with one attached hydrogen (secondary N) is 1. The zero-order chi connectivity index (χ0) is 27.4. The minimum Gasteiger partial charge on any atom is -0.395 e. The number of carbonyl (C=O) groups is 1. The predicted octanol–water partition coefficient (Wildman–Crippen LogP) is 3.21. The molecule has 1 amide bonds. The molecule has 0 unspecified atom stereocenters.